The van der Waals surface area contributed by atoms with Crippen LogP contribution in [0.5, 0.6) is 11.5 Å². The largest absolute Gasteiger partial charge is 0.454 e. The molecule has 0 atom stereocenters. The fourth-order valence-corrected chi connectivity index (χ4v) is 2.05. The lowest BCUT2D eigenvalue weighted by Crippen LogP contribution is -2.12. The van der Waals surface area contributed by atoms with Gasteiger partial charge >= 0.3 is 0 Å². The van der Waals surface area contributed by atoms with Gasteiger partial charge in [-0.15, -0.1) is 0 Å². The van der Waals surface area contributed by atoms with Gasteiger partial charge in [-0.25, -0.2) is 4.39 Å². The normalized spacial score (nSPS) is 10.6. The standard InChI is InChI=1S/C15H14BrF2NO/c1-2-19-9-10-6-7-11(16)8-14(10)20-13-5-3-4-12(17)15(13)18/h3-8,19H,2,9H2,1H3. The molecule has 5 heteroatoms. The molecule has 0 fully saturated rings. The summed E-state index contributed by atoms with van der Waals surface area (Å²) in [6.45, 7) is 3.39. The Morgan fingerprint density at radius 2 is 1.95 bits per heavy atom. The summed E-state index contributed by atoms with van der Waals surface area (Å²) < 4.78 is 33.2. The molecule has 0 aromatic heterocycles. The Balaban J connectivity index is 2.31. The van der Waals surface area contributed by atoms with Gasteiger partial charge in [-0.05, 0) is 30.8 Å². The number of ether oxygens (including phenoxy) is 1. The van der Waals surface area contributed by atoms with Gasteiger partial charge in [0.2, 0.25) is 5.82 Å². The molecule has 2 nitrogen and oxygen atoms in total. The molecule has 0 aliphatic heterocycles. The number of nitrogens with one attached hydrogen (secondary N) is 1. The zero-order valence-corrected chi connectivity index (χ0v) is 12.5. The van der Waals surface area contributed by atoms with Crippen molar-refractivity contribution in [3.05, 3.63) is 58.1 Å². The van der Waals surface area contributed by atoms with Crippen LogP contribution in [-0.4, -0.2) is 6.54 Å². The fourth-order valence-electron chi connectivity index (χ4n) is 1.71. The number of benzene rings is 2. The number of rotatable bonds is 5. The first-order valence-electron chi connectivity index (χ1n) is 6.23. The van der Waals surface area contributed by atoms with Crippen LogP contribution >= 0.6 is 15.9 Å². The highest BCUT2D eigenvalue weighted by molar-refractivity contribution is 9.10. The predicted molar refractivity (Wildman–Crippen MR) is 78.0 cm³/mol. The Morgan fingerprint density at radius 1 is 1.15 bits per heavy atom. The summed E-state index contributed by atoms with van der Waals surface area (Å²) in [5.41, 5.74) is 0.874. The van der Waals surface area contributed by atoms with E-state index in [0.29, 0.717) is 12.3 Å². The second-order valence-electron chi connectivity index (χ2n) is 4.19. The van der Waals surface area contributed by atoms with E-state index in [1.54, 1.807) is 6.07 Å². The summed E-state index contributed by atoms with van der Waals surface area (Å²) in [6, 6.07) is 9.35. The maximum Gasteiger partial charge on any atom is 0.201 e. The lowest BCUT2D eigenvalue weighted by atomic mass is 10.2. The minimum atomic E-state index is -0.984. The smallest absolute Gasteiger partial charge is 0.201 e. The first-order chi connectivity index (χ1) is 9.61. The molecular weight excluding hydrogens is 328 g/mol. The summed E-state index contributed by atoms with van der Waals surface area (Å²) in [6.07, 6.45) is 0. The van der Waals surface area contributed by atoms with Crippen LogP contribution in [0.2, 0.25) is 0 Å². The first kappa shape index (κ1) is 14.9. The quantitative estimate of drug-likeness (QED) is 0.856. The number of hydrogen-bond donors (Lipinski definition) is 1. The molecule has 106 valence electrons. The molecule has 0 heterocycles. The van der Waals surface area contributed by atoms with Crippen molar-refractivity contribution in [1.82, 2.24) is 5.32 Å². The van der Waals surface area contributed by atoms with Crippen molar-refractivity contribution in [2.45, 2.75) is 13.5 Å². The van der Waals surface area contributed by atoms with Crippen molar-refractivity contribution >= 4 is 15.9 Å². The van der Waals surface area contributed by atoms with E-state index < -0.39 is 11.6 Å². The van der Waals surface area contributed by atoms with E-state index in [-0.39, 0.29) is 5.75 Å². The van der Waals surface area contributed by atoms with Gasteiger partial charge in [0.05, 0.1) is 0 Å². The molecule has 0 aliphatic carbocycles. The van der Waals surface area contributed by atoms with Crippen LogP contribution < -0.4 is 10.1 Å². The third kappa shape index (κ3) is 3.55. The van der Waals surface area contributed by atoms with Crippen molar-refractivity contribution in [3.8, 4) is 11.5 Å². The van der Waals surface area contributed by atoms with E-state index in [4.69, 9.17) is 4.74 Å². The zero-order valence-electron chi connectivity index (χ0n) is 10.9. The maximum atomic E-state index is 13.6. The van der Waals surface area contributed by atoms with E-state index in [9.17, 15) is 8.78 Å². The van der Waals surface area contributed by atoms with E-state index in [1.165, 1.54) is 12.1 Å². The highest BCUT2D eigenvalue weighted by atomic mass is 79.9. The van der Waals surface area contributed by atoms with Crippen LogP contribution in [0.1, 0.15) is 12.5 Å². The fraction of sp³-hybridized carbons (Fsp3) is 0.200. The molecule has 0 spiro atoms. The molecule has 0 saturated heterocycles. The molecule has 20 heavy (non-hydrogen) atoms. The Morgan fingerprint density at radius 3 is 2.70 bits per heavy atom. The Kier molecular flexibility index (Phi) is 5.09. The third-order valence-electron chi connectivity index (χ3n) is 2.73. The second-order valence-corrected chi connectivity index (χ2v) is 5.10. The van der Waals surface area contributed by atoms with Crippen LogP contribution in [-0.2, 0) is 6.54 Å². The average molecular weight is 342 g/mol. The Bertz CT molecular complexity index is 604. The second kappa shape index (κ2) is 6.81. The van der Waals surface area contributed by atoms with Gasteiger partial charge in [0, 0.05) is 16.6 Å². The lowest BCUT2D eigenvalue weighted by Gasteiger charge is -2.12. The van der Waals surface area contributed by atoms with Gasteiger partial charge in [0.25, 0.3) is 0 Å². The maximum absolute atomic E-state index is 13.6. The summed E-state index contributed by atoms with van der Waals surface area (Å²) in [5.74, 6) is -1.54. The molecule has 2 aromatic carbocycles. The summed E-state index contributed by atoms with van der Waals surface area (Å²) in [7, 11) is 0. The minimum Gasteiger partial charge on any atom is -0.454 e. The first-order valence-corrected chi connectivity index (χ1v) is 7.02. The monoisotopic (exact) mass is 341 g/mol. The third-order valence-corrected chi connectivity index (χ3v) is 3.22. The Labute approximate surface area is 124 Å². The molecule has 2 aromatic rings. The SMILES string of the molecule is CCNCc1ccc(Br)cc1Oc1cccc(F)c1F. The molecular formula is C15H14BrF2NO. The highest BCUT2D eigenvalue weighted by Crippen LogP contribution is 2.30. The van der Waals surface area contributed by atoms with Crippen molar-refractivity contribution in [2.75, 3.05) is 6.54 Å². The molecule has 0 bridgehead atoms. The van der Waals surface area contributed by atoms with Crippen LogP contribution in [0, 0.1) is 11.6 Å². The topological polar surface area (TPSA) is 21.3 Å². The van der Waals surface area contributed by atoms with Gasteiger partial charge in [0.15, 0.2) is 11.6 Å². The van der Waals surface area contributed by atoms with Gasteiger partial charge < -0.3 is 10.1 Å². The van der Waals surface area contributed by atoms with E-state index in [0.717, 1.165) is 22.6 Å². The molecule has 0 unspecified atom stereocenters. The summed E-state index contributed by atoms with van der Waals surface area (Å²) in [4.78, 5) is 0. The Hall–Kier alpha value is -1.46. The van der Waals surface area contributed by atoms with Crippen molar-refractivity contribution < 1.29 is 13.5 Å². The number of halogens is 3. The van der Waals surface area contributed by atoms with Gasteiger partial charge in [-0.3, -0.25) is 0 Å². The van der Waals surface area contributed by atoms with Crippen molar-refractivity contribution in [1.29, 1.82) is 0 Å². The van der Waals surface area contributed by atoms with Crippen LogP contribution in [0.25, 0.3) is 0 Å². The van der Waals surface area contributed by atoms with E-state index in [1.807, 2.05) is 19.1 Å². The minimum absolute atomic E-state index is 0.124. The van der Waals surface area contributed by atoms with Gasteiger partial charge in [-0.2, -0.15) is 4.39 Å². The summed E-state index contributed by atoms with van der Waals surface area (Å²) in [5, 5.41) is 3.17. The highest BCUT2D eigenvalue weighted by Gasteiger charge is 2.12. The molecule has 0 aliphatic rings. The van der Waals surface area contributed by atoms with E-state index >= 15 is 0 Å². The molecule has 1 N–H and O–H groups in total. The van der Waals surface area contributed by atoms with Crippen LogP contribution in [0.3, 0.4) is 0 Å². The van der Waals surface area contributed by atoms with E-state index in [2.05, 4.69) is 21.2 Å². The zero-order chi connectivity index (χ0) is 14.5. The molecule has 0 saturated carbocycles. The molecule has 0 radical (unpaired) electrons. The van der Waals surface area contributed by atoms with Crippen molar-refractivity contribution in [2.24, 2.45) is 0 Å². The molecule has 0 amide bonds. The number of hydrogen-bond acceptors (Lipinski definition) is 2. The lowest BCUT2D eigenvalue weighted by molar-refractivity contribution is 0.412. The average Bonchev–Trinajstić information content (AvgIpc) is 2.43. The summed E-state index contributed by atoms with van der Waals surface area (Å²) >= 11 is 3.34. The van der Waals surface area contributed by atoms with Crippen LogP contribution in [0.4, 0.5) is 8.78 Å². The van der Waals surface area contributed by atoms with Crippen LogP contribution in [0.15, 0.2) is 40.9 Å². The van der Waals surface area contributed by atoms with Gasteiger partial charge in [-0.1, -0.05) is 35.0 Å². The van der Waals surface area contributed by atoms with Crippen molar-refractivity contribution in [3.63, 3.8) is 0 Å². The van der Waals surface area contributed by atoms with Gasteiger partial charge in [0.1, 0.15) is 5.75 Å². The predicted octanol–water partition coefficient (Wildman–Crippen LogP) is 4.63. The molecule has 2 rings (SSSR count).